The molecule has 0 spiro atoms. The molecule has 140 valence electrons. The van der Waals surface area contributed by atoms with Gasteiger partial charge in [0, 0.05) is 17.9 Å². The van der Waals surface area contributed by atoms with Crippen LogP contribution in [-0.2, 0) is 16.1 Å². The number of hydrogen-bond acceptors (Lipinski definition) is 5. The fraction of sp³-hybridized carbons (Fsp3) is 0.300. The van der Waals surface area contributed by atoms with Crippen LogP contribution in [0.1, 0.15) is 30.5 Å². The molecule has 0 bridgehead atoms. The molecule has 1 amide bonds. The van der Waals surface area contributed by atoms with Crippen molar-refractivity contribution < 1.29 is 19.1 Å². The van der Waals surface area contributed by atoms with Crippen molar-refractivity contribution in [3.63, 3.8) is 0 Å². The summed E-state index contributed by atoms with van der Waals surface area (Å²) in [6.07, 6.45) is 0.426. The Morgan fingerprint density at radius 2 is 2.07 bits per heavy atom. The molecule has 2 aromatic carbocycles. The number of oxime groups is 1. The van der Waals surface area contributed by atoms with Crippen molar-refractivity contribution in [1.29, 1.82) is 0 Å². The highest BCUT2D eigenvalue weighted by molar-refractivity contribution is 6.31. The monoisotopic (exact) mass is 386 g/mol. The number of carbonyl (C=O) groups excluding carboxylic acids is 1. The quantitative estimate of drug-likeness (QED) is 0.851. The Labute approximate surface area is 162 Å². The summed E-state index contributed by atoms with van der Waals surface area (Å²) in [6, 6.07) is 13.0. The molecule has 1 N–H and O–H groups in total. The van der Waals surface area contributed by atoms with E-state index in [9.17, 15) is 4.79 Å². The van der Waals surface area contributed by atoms with Crippen LogP contribution in [0.15, 0.2) is 47.6 Å². The fourth-order valence-corrected chi connectivity index (χ4v) is 3.47. The smallest absolute Gasteiger partial charge is 0.264 e. The zero-order valence-corrected chi connectivity index (χ0v) is 15.5. The number of rotatable bonds is 5. The summed E-state index contributed by atoms with van der Waals surface area (Å²) in [5, 5.41) is 7.64. The van der Waals surface area contributed by atoms with E-state index in [1.165, 1.54) is 0 Å². The largest absolute Gasteiger partial charge is 0.454 e. The van der Waals surface area contributed by atoms with E-state index in [0.717, 1.165) is 28.3 Å². The highest BCUT2D eigenvalue weighted by Crippen LogP contribution is 2.33. The molecule has 0 aromatic heterocycles. The van der Waals surface area contributed by atoms with Gasteiger partial charge in [-0.15, -0.1) is 0 Å². The number of amides is 1. The van der Waals surface area contributed by atoms with E-state index in [1.807, 2.05) is 43.3 Å². The third-order valence-electron chi connectivity index (χ3n) is 4.60. The third kappa shape index (κ3) is 3.85. The molecule has 0 unspecified atom stereocenters. The van der Waals surface area contributed by atoms with Crippen LogP contribution in [0.4, 0.5) is 0 Å². The minimum absolute atomic E-state index is 0.202. The molecule has 2 aliphatic heterocycles. The zero-order valence-electron chi connectivity index (χ0n) is 14.8. The summed E-state index contributed by atoms with van der Waals surface area (Å²) >= 11 is 6.19. The van der Waals surface area contributed by atoms with Gasteiger partial charge in [-0.1, -0.05) is 41.0 Å². The minimum Gasteiger partial charge on any atom is -0.454 e. The predicted octanol–water partition coefficient (Wildman–Crippen LogP) is 3.63. The maximum Gasteiger partial charge on any atom is 0.264 e. The van der Waals surface area contributed by atoms with Crippen LogP contribution in [0, 0.1) is 0 Å². The van der Waals surface area contributed by atoms with E-state index in [2.05, 4.69) is 10.5 Å². The Kier molecular flexibility index (Phi) is 4.90. The molecule has 0 aliphatic carbocycles. The lowest BCUT2D eigenvalue weighted by molar-refractivity contribution is -0.131. The van der Waals surface area contributed by atoms with Crippen molar-refractivity contribution in [3.8, 4) is 11.5 Å². The van der Waals surface area contributed by atoms with Crippen molar-refractivity contribution in [2.75, 3.05) is 6.79 Å². The van der Waals surface area contributed by atoms with Gasteiger partial charge in [0.2, 0.25) is 12.9 Å². The number of nitrogens with one attached hydrogen (secondary N) is 1. The van der Waals surface area contributed by atoms with E-state index in [-0.39, 0.29) is 18.7 Å². The second-order valence-electron chi connectivity index (χ2n) is 6.57. The number of hydrogen-bond donors (Lipinski definition) is 1. The number of nitrogens with zero attached hydrogens (tertiary/aromatic N) is 1. The first-order valence-electron chi connectivity index (χ1n) is 8.75. The molecular formula is C20H19ClN2O4. The number of halogens is 1. The van der Waals surface area contributed by atoms with Crippen molar-refractivity contribution >= 4 is 23.2 Å². The van der Waals surface area contributed by atoms with Gasteiger partial charge in [-0.3, -0.25) is 4.79 Å². The molecule has 7 heteroatoms. The first-order chi connectivity index (χ1) is 13.1. The molecular weight excluding hydrogens is 368 g/mol. The van der Waals surface area contributed by atoms with Gasteiger partial charge in [-0.25, -0.2) is 0 Å². The summed E-state index contributed by atoms with van der Waals surface area (Å²) in [6.45, 7) is 2.14. The Bertz CT molecular complexity index is 899. The third-order valence-corrected chi connectivity index (χ3v) is 4.94. The van der Waals surface area contributed by atoms with Crippen molar-refractivity contribution in [2.45, 2.75) is 31.9 Å². The molecule has 2 heterocycles. The molecule has 6 nitrogen and oxygen atoms in total. The standard InChI is InChI=1S/C20H19ClN2O4/c1-12(15-4-2-3-5-16(15)21)22-20(24)19-10-14(23-27-19)8-13-6-7-17-18(9-13)26-11-25-17/h2-7,9,12,19H,8,10-11H2,1H3,(H,22,24)/t12-,19+/m0/s1. The summed E-state index contributed by atoms with van der Waals surface area (Å²) in [4.78, 5) is 17.8. The molecule has 4 rings (SSSR count). The summed E-state index contributed by atoms with van der Waals surface area (Å²) in [5.74, 6) is 1.27. The Balaban J connectivity index is 1.33. The van der Waals surface area contributed by atoms with Crippen LogP contribution < -0.4 is 14.8 Å². The van der Waals surface area contributed by atoms with Crippen LogP contribution >= 0.6 is 11.6 Å². The lowest BCUT2D eigenvalue weighted by atomic mass is 10.0. The summed E-state index contributed by atoms with van der Waals surface area (Å²) < 4.78 is 10.7. The first-order valence-corrected chi connectivity index (χ1v) is 9.13. The molecule has 0 fully saturated rings. The second-order valence-corrected chi connectivity index (χ2v) is 6.98. The first kappa shape index (κ1) is 17.7. The Hall–Kier alpha value is -2.73. The van der Waals surface area contributed by atoms with Crippen LogP contribution in [0.25, 0.3) is 0 Å². The summed E-state index contributed by atoms with van der Waals surface area (Å²) in [7, 11) is 0. The fourth-order valence-electron chi connectivity index (χ4n) is 3.17. The average molecular weight is 387 g/mol. The maximum absolute atomic E-state index is 12.5. The molecule has 0 saturated heterocycles. The van der Waals surface area contributed by atoms with E-state index in [1.54, 1.807) is 6.07 Å². The van der Waals surface area contributed by atoms with Crippen LogP contribution in [-0.4, -0.2) is 24.5 Å². The number of benzene rings is 2. The van der Waals surface area contributed by atoms with Gasteiger partial charge in [-0.05, 0) is 36.2 Å². The maximum atomic E-state index is 12.5. The number of carbonyl (C=O) groups is 1. The van der Waals surface area contributed by atoms with Gasteiger partial charge in [-0.2, -0.15) is 0 Å². The van der Waals surface area contributed by atoms with Crippen LogP contribution in [0.2, 0.25) is 5.02 Å². The average Bonchev–Trinajstić information content (AvgIpc) is 3.31. The lowest BCUT2D eigenvalue weighted by Crippen LogP contribution is -2.36. The van der Waals surface area contributed by atoms with Crippen molar-refractivity contribution in [3.05, 3.63) is 58.6 Å². The van der Waals surface area contributed by atoms with E-state index >= 15 is 0 Å². The van der Waals surface area contributed by atoms with E-state index in [0.29, 0.717) is 17.9 Å². The SMILES string of the molecule is C[C@H](NC(=O)[C@H]1CC(Cc2ccc3c(c2)OCO3)=NO1)c1ccccc1Cl. The zero-order chi connectivity index (χ0) is 18.8. The molecule has 2 atom stereocenters. The Morgan fingerprint density at radius 3 is 2.93 bits per heavy atom. The molecule has 2 aliphatic rings. The van der Waals surface area contributed by atoms with Gasteiger partial charge >= 0.3 is 0 Å². The van der Waals surface area contributed by atoms with Gasteiger partial charge in [0.15, 0.2) is 11.5 Å². The number of fused-ring (bicyclic) bond motifs is 1. The van der Waals surface area contributed by atoms with Crippen LogP contribution in [0.3, 0.4) is 0 Å². The van der Waals surface area contributed by atoms with E-state index in [4.69, 9.17) is 25.9 Å². The van der Waals surface area contributed by atoms with Gasteiger partial charge in [0.25, 0.3) is 5.91 Å². The van der Waals surface area contributed by atoms with Crippen LogP contribution in [0.5, 0.6) is 11.5 Å². The van der Waals surface area contributed by atoms with Gasteiger partial charge in [0.1, 0.15) is 0 Å². The second kappa shape index (κ2) is 7.48. The molecule has 27 heavy (non-hydrogen) atoms. The minimum atomic E-state index is -0.626. The number of ether oxygens (including phenoxy) is 2. The van der Waals surface area contributed by atoms with Crippen molar-refractivity contribution in [2.24, 2.45) is 5.16 Å². The van der Waals surface area contributed by atoms with Gasteiger partial charge in [0.05, 0.1) is 11.8 Å². The normalized spacial score (nSPS) is 18.6. The molecule has 0 radical (unpaired) electrons. The van der Waals surface area contributed by atoms with Crippen molar-refractivity contribution in [1.82, 2.24) is 5.32 Å². The van der Waals surface area contributed by atoms with E-state index < -0.39 is 6.10 Å². The highest BCUT2D eigenvalue weighted by Gasteiger charge is 2.29. The summed E-state index contributed by atoms with van der Waals surface area (Å²) in [5.41, 5.74) is 2.72. The highest BCUT2D eigenvalue weighted by atomic mass is 35.5. The van der Waals surface area contributed by atoms with Gasteiger partial charge < -0.3 is 19.6 Å². The predicted molar refractivity (Wildman–Crippen MR) is 101 cm³/mol. The molecule has 2 aromatic rings. The Morgan fingerprint density at radius 1 is 1.26 bits per heavy atom. The topological polar surface area (TPSA) is 69.2 Å². The lowest BCUT2D eigenvalue weighted by Gasteiger charge is -2.17. The molecule has 0 saturated carbocycles.